The lowest BCUT2D eigenvalue weighted by molar-refractivity contribution is -0.118. The lowest BCUT2D eigenvalue weighted by atomic mass is 10.0. The number of hydrogen-bond acceptors (Lipinski definition) is 6. The van der Waals surface area contributed by atoms with Gasteiger partial charge in [-0.3, -0.25) is 20.0 Å². The topological polar surface area (TPSA) is 116 Å². The first-order valence-electron chi connectivity index (χ1n) is 9.37. The van der Waals surface area contributed by atoms with Gasteiger partial charge < -0.3 is 10.3 Å². The van der Waals surface area contributed by atoms with Gasteiger partial charge in [-0.15, -0.1) is 11.3 Å². The number of carbonyl (C=O) groups is 1. The van der Waals surface area contributed by atoms with Gasteiger partial charge in [0.15, 0.2) is 0 Å². The fraction of sp³-hybridized carbons (Fsp3) is 0.143. The second kappa shape index (κ2) is 9.29. The van der Waals surface area contributed by atoms with E-state index in [0.717, 1.165) is 22.5 Å². The Balaban J connectivity index is 1.53. The van der Waals surface area contributed by atoms with Crippen LogP contribution in [-0.2, 0) is 17.8 Å². The summed E-state index contributed by atoms with van der Waals surface area (Å²) < 4.78 is 0. The molecule has 0 fully saturated rings. The van der Waals surface area contributed by atoms with Crippen LogP contribution in [0.2, 0.25) is 0 Å². The van der Waals surface area contributed by atoms with Crippen molar-refractivity contribution in [2.75, 3.05) is 5.32 Å². The summed E-state index contributed by atoms with van der Waals surface area (Å²) in [6, 6.07) is 12.6. The largest absolute Gasteiger partial charge is 0.327 e. The summed E-state index contributed by atoms with van der Waals surface area (Å²) in [7, 11) is 0. The van der Waals surface area contributed by atoms with Crippen molar-refractivity contribution >= 4 is 22.9 Å². The number of pyridine rings is 1. The van der Waals surface area contributed by atoms with Gasteiger partial charge >= 0.3 is 0 Å². The molecule has 1 amide bonds. The smallest absolute Gasteiger partial charge is 0.271 e. The van der Waals surface area contributed by atoms with E-state index in [1.54, 1.807) is 30.0 Å². The molecule has 0 radical (unpaired) electrons. The molecule has 0 saturated carbocycles. The van der Waals surface area contributed by atoms with Gasteiger partial charge in [-0.2, -0.15) is 5.10 Å². The molecule has 30 heavy (non-hydrogen) atoms. The van der Waals surface area contributed by atoms with Gasteiger partial charge in [-0.05, 0) is 24.1 Å². The van der Waals surface area contributed by atoms with E-state index in [1.165, 1.54) is 11.3 Å². The molecule has 4 N–H and O–H groups in total. The zero-order valence-corrected chi connectivity index (χ0v) is 16.8. The zero-order valence-electron chi connectivity index (χ0n) is 16.0. The minimum atomic E-state index is -0.538. The summed E-state index contributed by atoms with van der Waals surface area (Å²) in [5.74, 6) is -0.290. The van der Waals surface area contributed by atoms with Crippen LogP contribution >= 0.6 is 11.3 Å². The number of rotatable bonds is 8. The molecule has 0 aliphatic heterocycles. The normalized spacial score (nSPS) is 11.9. The predicted octanol–water partition coefficient (Wildman–Crippen LogP) is 2.56. The van der Waals surface area contributed by atoms with E-state index < -0.39 is 6.04 Å². The Bertz CT molecular complexity index is 1140. The van der Waals surface area contributed by atoms with Crippen molar-refractivity contribution in [3.63, 3.8) is 0 Å². The minimum absolute atomic E-state index is 0.181. The van der Waals surface area contributed by atoms with E-state index in [1.807, 2.05) is 35.7 Å². The number of nitrogens with zero attached hydrogens (tertiary/aromatic N) is 2. The maximum Gasteiger partial charge on any atom is 0.271 e. The monoisotopic (exact) mass is 420 g/mol. The molecule has 0 bridgehead atoms. The number of carbonyl (C=O) groups excluding carboxylic acids is 1. The number of hydrogen-bond donors (Lipinski definition) is 4. The van der Waals surface area contributed by atoms with Crippen molar-refractivity contribution in [1.29, 1.82) is 0 Å². The third kappa shape index (κ3) is 4.88. The molecule has 1 atom stereocenters. The second-order valence-corrected chi connectivity index (χ2v) is 7.41. The highest BCUT2D eigenvalue weighted by molar-refractivity contribution is 7.07. The Kier molecular flexibility index (Phi) is 6.11. The third-order valence-electron chi connectivity index (χ3n) is 4.59. The van der Waals surface area contributed by atoms with Crippen molar-refractivity contribution < 1.29 is 4.79 Å². The Labute approximate surface area is 176 Å². The van der Waals surface area contributed by atoms with Gasteiger partial charge in [0, 0.05) is 29.9 Å². The molecule has 0 unspecified atom stereocenters. The first-order valence-corrected chi connectivity index (χ1v) is 10.3. The molecule has 0 spiro atoms. The minimum Gasteiger partial charge on any atom is -0.327 e. The van der Waals surface area contributed by atoms with Crippen molar-refractivity contribution in [2.45, 2.75) is 19.0 Å². The van der Waals surface area contributed by atoms with E-state index in [4.69, 9.17) is 0 Å². The number of amides is 1. The van der Waals surface area contributed by atoms with Crippen LogP contribution in [0.5, 0.6) is 0 Å². The standard InChI is InChI=1S/C21H20N6O2S/c28-20-19(9-15(10-23-20)17-6-7-25-27-17)26-21(29)18(8-14-4-2-1-3-5-14)22-11-16-12-30-13-24-16/h1-7,9-10,12-13,18,22H,8,11H2,(H,23,28)(H,25,27)(H,26,29)/t18-/m0/s1. The van der Waals surface area contributed by atoms with Crippen LogP contribution in [0.25, 0.3) is 11.3 Å². The van der Waals surface area contributed by atoms with Gasteiger partial charge in [0.2, 0.25) is 5.91 Å². The zero-order chi connectivity index (χ0) is 20.8. The maximum absolute atomic E-state index is 13.1. The van der Waals surface area contributed by atoms with Crippen LogP contribution in [0.3, 0.4) is 0 Å². The number of anilines is 1. The molecule has 152 valence electrons. The first kappa shape index (κ1) is 19.7. The molecule has 4 aromatic rings. The van der Waals surface area contributed by atoms with Crippen LogP contribution in [0.15, 0.2) is 70.5 Å². The van der Waals surface area contributed by atoms with Gasteiger partial charge in [-0.1, -0.05) is 30.3 Å². The van der Waals surface area contributed by atoms with Crippen molar-refractivity contribution in [2.24, 2.45) is 0 Å². The highest BCUT2D eigenvalue weighted by Crippen LogP contribution is 2.17. The number of benzene rings is 1. The molecule has 1 aromatic carbocycles. The summed E-state index contributed by atoms with van der Waals surface area (Å²) in [5, 5.41) is 14.7. The fourth-order valence-corrected chi connectivity index (χ4v) is 3.59. The molecule has 9 heteroatoms. The number of nitrogens with one attached hydrogen (secondary N) is 4. The molecule has 0 aliphatic carbocycles. The predicted molar refractivity (Wildman–Crippen MR) is 116 cm³/mol. The van der Waals surface area contributed by atoms with Gasteiger partial charge in [0.1, 0.15) is 5.69 Å². The van der Waals surface area contributed by atoms with E-state index >= 15 is 0 Å². The molecule has 4 rings (SSSR count). The summed E-state index contributed by atoms with van der Waals surface area (Å²) in [6.07, 6.45) is 3.68. The van der Waals surface area contributed by atoms with Crippen molar-refractivity contribution in [3.05, 3.63) is 87.4 Å². The van der Waals surface area contributed by atoms with Crippen LogP contribution in [0.4, 0.5) is 5.69 Å². The van der Waals surface area contributed by atoms with Gasteiger partial charge in [0.05, 0.1) is 22.9 Å². The summed E-state index contributed by atoms with van der Waals surface area (Å²) >= 11 is 1.50. The van der Waals surface area contributed by atoms with Gasteiger partial charge in [-0.25, -0.2) is 4.98 Å². The fourth-order valence-electron chi connectivity index (χ4n) is 3.03. The van der Waals surface area contributed by atoms with Gasteiger partial charge in [0.25, 0.3) is 5.56 Å². The van der Waals surface area contributed by atoms with Crippen molar-refractivity contribution in [3.8, 4) is 11.3 Å². The summed E-state index contributed by atoms with van der Waals surface area (Å²) in [6.45, 7) is 0.457. The van der Waals surface area contributed by atoms with Crippen LogP contribution in [0.1, 0.15) is 11.3 Å². The SMILES string of the molecule is O=C(Nc1cc(-c2ccn[nH]2)c[nH]c1=O)[C@H](Cc1ccccc1)NCc1cscn1. The number of aromatic amines is 2. The Morgan fingerprint density at radius 3 is 2.80 bits per heavy atom. The molecule has 3 aromatic heterocycles. The maximum atomic E-state index is 13.1. The Hall–Kier alpha value is -3.56. The van der Waals surface area contributed by atoms with E-state index in [0.29, 0.717) is 13.0 Å². The summed E-state index contributed by atoms with van der Waals surface area (Å²) in [5.41, 5.74) is 4.91. The molecule has 0 saturated heterocycles. The highest BCUT2D eigenvalue weighted by atomic mass is 32.1. The number of aromatic nitrogens is 4. The molecule has 3 heterocycles. The van der Waals surface area contributed by atoms with E-state index in [9.17, 15) is 9.59 Å². The van der Waals surface area contributed by atoms with E-state index in [2.05, 4.69) is 30.8 Å². The Morgan fingerprint density at radius 2 is 2.07 bits per heavy atom. The molecule has 8 nitrogen and oxygen atoms in total. The molecular formula is C21H20N6O2S. The molecule has 0 aliphatic rings. The third-order valence-corrected chi connectivity index (χ3v) is 5.22. The Morgan fingerprint density at radius 1 is 1.20 bits per heavy atom. The average Bonchev–Trinajstić information content (AvgIpc) is 3.48. The quantitative estimate of drug-likeness (QED) is 0.350. The highest BCUT2D eigenvalue weighted by Gasteiger charge is 2.20. The number of H-pyrrole nitrogens is 2. The van der Waals surface area contributed by atoms with Crippen molar-refractivity contribution in [1.82, 2.24) is 25.5 Å². The van der Waals surface area contributed by atoms with Crippen LogP contribution in [0, 0.1) is 0 Å². The second-order valence-electron chi connectivity index (χ2n) is 6.69. The summed E-state index contributed by atoms with van der Waals surface area (Å²) in [4.78, 5) is 32.2. The lowest BCUT2D eigenvalue weighted by Gasteiger charge is -2.18. The average molecular weight is 420 g/mol. The molecular weight excluding hydrogens is 400 g/mol. The van der Waals surface area contributed by atoms with E-state index in [-0.39, 0.29) is 17.2 Å². The van der Waals surface area contributed by atoms with Crippen LogP contribution in [-0.4, -0.2) is 32.1 Å². The van der Waals surface area contributed by atoms with Crippen LogP contribution < -0.4 is 16.2 Å². The first-order chi connectivity index (χ1) is 14.7. The number of thiazole rings is 1. The lowest BCUT2D eigenvalue weighted by Crippen LogP contribution is -2.42.